The highest BCUT2D eigenvalue weighted by Crippen LogP contribution is 2.26. The number of cyclic esters (lactones) is 1. The first-order valence-electron chi connectivity index (χ1n) is 9.33. The first kappa shape index (κ1) is 20.2. The van der Waals surface area contributed by atoms with E-state index in [1.807, 2.05) is 42.5 Å². The molecule has 4 nitrogen and oxygen atoms in total. The van der Waals surface area contributed by atoms with Gasteiger partial charge in [0.1, 0.15) is 5.75 Å². The number of ether oxygens (including phenoxy) is 2. The number of esters is 1. The van der Waals surface area contributed by atoms with Crippen molar-refractivity contribution in [1.82, 2.24) is 0 Å². The Balaban J connectivity index is 1.42. The molecule has 3 aromatic rings. The Morgan fingerprint density at radius 1 is 0.967 bits per heavy atom. The summed E-state index contributed by atoms with van der Waals surface area (Å²) < 4.78 is 11.1. The van der Waals surface area contributed by atoms with Crippen LogP contribution in [0.1, 0.15) is 16.7 Å². The van der Waals surface area contributed by atoms with Gasteiger partial charge in [0.05, 0.1) is 17.2 Å². The van der Waals surface area contributed by atoms with Crippen LogP contribution in [0.5, 0.6) is 5.75 Å². The minimum Gasteiger partial charge on any atom is -0.493 e. The van der Waals surface area contributed by atoms with E-state index in [0.29, 0.717) is 22.2 Å². The molecule has 0 saturated carbocycles. The van der Waals surface area contributed by atoms with Gasteiger partial charge < -0.3 is 9.47 Å². The fourth-order valence-corrected chi connectivity index (χ4v) is 3.43. The molecule has 0 bridgehead atoms. The molecule has 0 aromatic heterocycles. The summed E-state index contributed by atoms with van der Waals surface area (Å²) in [5.74, 6) is 0.396. The Bertz CT molecular complexity index is 1120. The Labute approximate surface area is 184 Å². The Hall–Kier alpha value is -3.08. The van der Waals surface area contributed by atoms with E-state index >= 15 is 0 Å². The molecular weight excluding hydrogens is 421 g/mol. The summed E-state index contributed by atoms with van der Waals surface area (Å²) in [5, 5.41) is 0.864. The molecular formula is C24H17Cl2NO3. The van der Waals surface area contributed by atoms with Gasteiger partial charge in [-0.3, -0.25) is 0 Å². The van der Waals surface area contributed by atoms with Crippen LogP contribution in [0, 0.1) is 0 Å². The number of carbonyl (C=O) groups excluding carboxylic acids is 1. The number of rotatable bonds is 6. The first-order chi connectivity index (χ1) is 14.6. The molecule has 4 rings (SSSR count). The zero-order valence-corrected chi connectivity index (χ0v) is 17.4. The van der Waals surface area contributed by atoms with Crippen LogP contribution in [0.4, 0.5) is 0 Å². The van der Waals surface area contributed by atoms with E-state index in [9.17, 15) is 4.79 Å². The highest BCUT2D eigenvalue weighted by atomic mass is 35.5. The summed E-state index contributed by atoms with van der Waals surface area (Å²) in [6, 6.07) is 22.5. The topological polar surface area (TPSA) is 47.9 Å². The molecule has 1 heterocycles. The van der Waals surface area contributed by atoms with Gasteiger partial charge in [0.2, 0.25) is 5.90 Å². The maximum absolute atomic E-state index is 12.2. The maximum atomic E-state index is 12.2. The molecule has 150 valence electrons. The maximum Gasteiger partial charge on any atom is 0.363 e. The minimum atomic E-state index is -0.529. The van der Waals surface area contributed by atoms with Crippen molar-refractivity contribution in [2.24, 2.45) is 4.99 Å². The van der Waals surface area contributed by atoms with Crippen molar-refractivity contribution in [1.29, 1.82) is 0 Å². The van der Waals surface area contributed by atoms with Crippen molar-refractivity contribution in [3.8, 4) is 5.75 Å². The third-order valence-corrected chi connectivity index (χ3v) is 5.02. The predicted octanol–water partition coefficient (Wildman–Crippen LogP) is 5.96. The molecule has 0 aliphatic carbocycles. The Kier molecular flexibility index (Phi) is 6.17. The summed E-state index contributed by atoms with van der Waals surface area (Å²) in [7, 11) is 0. The fraction of sp³-hybridized carbons (Fsp3) is 0.0833. The lowest BCUT2D eigenvalue weighted by Crippen LogP contribution is -2.05. The molecule has 0 atom stereocenters. The van der Waals surface area contributed by atoms with Gasteiger partial charge in [0, 0.05) is 11.4 Å². The second kappa shape index (κ2) is 9.16. The Morgan fingerprint density at radius 2 is 1.73 bits per heavy atom. The van der Waals surface area contributed by atoms with Crippen molar-refractivity contribution < 1.29 is 14.3 Å². The predicted molar refractivity (Wildman–Crippen MR) is 119 cm³/mol. The van der Waals surface area contributed by atoms with E-state index in [2.05, 4.69) is 17.1 Å². The van der Waals surface area contributed by atoms with Gasteiger partial charge in [0.25, 0.3) is 0 Å². The number of halogens is 2. The van der Waals surface area contributed by atoms with E-state index in [1.54, 1.807) is 24.3 Å². The number of benzene rings is 3. The van der Waals surface area contributed by atoms with Crippen LogP contribution >= 0.6 is 23.2 Å². The molecule has 3 aromatic carbocycles. The van der Waals surface area contributed by atoms with E-state index in [-0.39, 0.29) is 11.6 Å². The van der Waals surface area contributed by atoms with Crippen LogP contribution in [0.15, 0.2) is 83.5 Å². The third kappa shape index (κ3) is 4.90. The average Bonchev–Trinajstić information content (AvgIpc) is 3.10. The van der Waals surface area contributed by atoms with Crippen LogP contribution in [-0.2, 0) is 16.0 Å². The molecule has 0 spiro atoms. The summed E-state index contributed by atoms with van der Waals surface area (Å²) in [6.45, 7) is 0.590. The largest absolute Gasteiger partial charge is 0.493 e. The summed E-state index contributed by atoms with van der Waals surface area (Å²) in [6.07, 6.45) is 2.50. The van der Waals surface area contributed by atoms with Gasteiger partial charge in [-0.2, -0.15) is 0 Å². The number of aliphatic imine (C=N–C) groups is 1. The lowest BCUT2D eigenvalue weighted by Gasteiger charge is -2.06. The molecule has 0 fully saturated rings. The monoisotopic (exact) mass is 437 g/mol. The van der Waals surface area contributed by atoms with E-state index < -0.39 is 5.97 Å². The zero-order chi connectivity index (χ0) is 20.9. The van der Waals surface area contributed by atoms with Crippen LogP contribution in [0.2, 0.25) is 10.0 Å². The third-order valence-electron chi connectivity index (χ3n) is 4.47. The highest BCUT2D eigenvalue weighted by molar-refractivity contribution is 6.37. The molecule has 0 radical (unpaired) electrons. The van der Waals surface area contributed by atoms with E-state index in [1.165, 1.54) is 5.56 Å². The van der Waals surface area contributed by atoms with Crippen molar-refractivity contribution in [2.75, 3.05) is 6.61 Å². The number of hydrogen-bond acceptors (Lipinski definition) is 4. The van der Waals surface area contributed by atoms with Crippen LogP contribution in [0.25, 0.3) is 6.08 Å². The van der Waals surface area contributed by atoms with Crippen molar-refractivity contribution >= 4 is 41.1 Å². The molecule has 6 heteroatoms. The van der Waals surface area contributed by atoms with Crippen LogP contribution < -0.4 is 4.74 Å². The summed E-state index contributed by atoms with van der Waals surface area (Å²) in [5.41, 5.74) is 2.76. The zero-order valence-electron chi connectivity index (χ0n) is 15.8. The van der Waals surface area contributed by atoms with Crippen LogP contribution in [0.3, 0.4) is 0 Å². The molecule has 30 heavy (non-hydrogen) atoms. The number of nitrogens with zero attached hydrogens (tertiary/aromatic N) is 1. The second-order valence-corrected chi connectivity index (χ2v) is 7.46. The summed E-state index contributed by atoms with van der Waals surface area (Å²) in [4.78, 5) is 16.5. The number of carbonyl (C=O) groups is 1. The van der Waals surface area contributed by atoms with Crippen molar-refractivity contribution in [3.05, 3.63) is 105 Å². The molecule has 1 aliphatic rings. The van der Waals surface area contributed by atoms with Gasteiger partial charge >= 0.3 is 5.97 Å². The fourth-order valence-electron chi connectivity index (χ4n) is 2.94. The van der Waals surface area contributed by atoms with Crippen molar-refractivity contribution in [3.63, 3.8) is 0 Å². The highest BCUT2D eigenvalue weighted by Gasteiger charge is 2.25. The molecule has 0 unspecified atom stereocenters. The first-order valence-corrected chi connectivity index (χ1v) is 10.1. The van der Waals surface area contributed by atoms with E-state index in [4.69, 9.17) is 32.7 Å². The molecule has 0 N–H and O–H groups in total. The van der Waals surface area contributed by atoms with Crippen LogP contribution in [-0.4, -0.2) is 18.5 Å². The van der Waals surface area contributed by atoms with Gasteiger partial charge in [-0.05, 0) is 47.5 Å². The molecule has 0 amide bonds. The molecule has 0 saturated heterocycles. The SMILES string of the molecule is O=C1OC(c2ccc(Cl)cc2Cl)=N/C1=C\c1ccc(OCCc2ccccc2)cc1. The normalized spacial score (nSPS) is 14.5. The molecule has 1 aliphatic heterocycles. The van der Waals surface area contributed by atoms with Gasteiger partial charge in [-0.1, -0.05) is 65.7 Å². The summed E-state index contributed by atoms with van der Waals surface area (Å²) >= 11 is 12.1. The van der Waals surface area contributed by atoms with Crippen molar-refractivity contribution in [2.45, 2.75) is 6.42 Å². The minimum absolute atomic E-state index is 0.161. The smallest absolute Gasteiger partial charge is 0.363 e. The van der Waals surface area contributed by atoms with E-state index in [0.717, 1.165) is 17.7 Å². The Morgan fingerprint density at radius 3 is 2.47 bits per heavy atom. The quantitative estimate of drug-likeness (QED) is 0.353. The standard InChI is InChI=1S/C24H17Cl2NO3/c25-18-8-11-20(21(26)15-18)23-27-22(24(28)30-23)14-17-6-9-19(10-7-17)29-13-12-16-4-2-1-3-5-16/h1-11,14-15H,12-13H2/b22-14-. The lowest BCUT2D eigenvalue weighted by atomic mass is 10.1. The lowest BCUT2D eigenvalue weighted by molar-refractivity contribution is -0.129. The second-order valence-electron chi connectivity index (χ2n) is 6.61. The number of hydrogen-bond donors (Lipinski definition) is 0. The van der Waals surface area contributed by atoms with Gasteiger partial charge in [-0.25, -0.2) is 9.79 Å². The average molecular weight is 438 g/mol. The van der Waals surface area contributed by atoms with Gasteiger partial charge in [-0.15, -0.1) is 0 Å². The van der Waals surface area contributed by atoms with Gasteiger partial charge in [0.15, 0.2) is 5.70 Å².